The summed E-state index contributed by atoms with van der Waals surface area (Å²) < 4.78 is 20.3. The zero-order valence-electron chi connectivity index (χ0n) is 25.3. The monoisotopic (exact) mass is 675 g/mol. The molecule has 0 bridgehead atoms. The minimum Gasteiger partial charge on any atom is -0.490 e. The molecular weight excluding hydrogens is 642 g/mol. The first-order valence-electron chi connectivity index (χ1n) is 14.3. The minimum absolute atomic E-state index is 0.217. The van der Waals surface area contributed by atoms with Gasteiger partial charge >= 0.3 is 5.97 Å². The maximum atomic E-state index is 14.1. The van der Waals surface area contributed by atoms with E-state index in [0.29, 0.717) is 49.8 Å². The standard InChI is InChI=1S/C34H34BrN3O5S/c1-6-41-27-18-23(17-26(35)31(27)43-20-22-11-9-8-10-12-22)19-28-32(39)38-30(24-13-15-25(16-14-24)37(4)5)29(33(40)42-7-2)21(3)36-34(38)44-28/h8-19,30H,6-7,20H2,1-5H3. The second-order valence-electron chi connectivity index (χ2n) is 10.3. The Morgan fingerprint density at radius 2 is 1.77 bits per heavy atom. The fourth-order valence-corrected chi connectivity index (χ4v) is 6.64. The van der Waals surface area contributed by atoms with Gasteiger partial charge in [0.05, 0.1) is 39.5 Å². The Balaban J connectivity index is 1.59. The smallest absolute Gasteiger partial charge is 0.338 e. The molecule has 4 aromatic rings. The van der Waals surface area contributed by atoms with Gasteiger partial charge in [-0.05, 0) is 83.7 Å². The molecule has 0 saturated carbocycles. The molecule has 1 unspecified atom stereocenters. The molecule has 0 N–H and O–H groups in total. The molecule has 1 aliphatic heterocycles. The fourth-order valence-electron chi connectivity index (χ4n) is 5.02. The number of halogens is 1. The van der Waals surface area contributed by atoms with Crippen LogP contribution in [0.3, 0.4) is 0 Å². The van der Waals surface area contributed by atoms with Crippen molar-refractivity contribution >= 4 is 45.0 Å². The molecular formula is C34H34BrN3O5S. The van der Waals surface area contributed by atoms with Crippen LogP contribution < -0.4 is 29.3 Å². The Morgan fingerprint density at radius 3 is 2.43 bits per heavy atom. The van der Waals surface area contributed by atoms with Gasteiger partial charge in [0.2, 0.25) is 0 Å². The van der Waals surface area contributed by atoms with Gasteiger partial charge in [-0.15, -0.1) is 0 Å². The van der Waals surface area contributed by atoms with Crippen molar-refractivity contribution in [2.45, 2.75) is 33.4 Å². The summed E-state index contributed by atoms with van der Waals surface area (Å²) >= 11 is 4.93. The molecule has 0 aliphatic carbocycles. The van der Waals surface area contributed by atoms with Crippen LogP contribution in [-0.2, 0) is 16.1 Å². The number of thiazole rings is 1. The zero-order valence-corrected chi connectivity index (χ0v) is 27.7. The van der Waals surface area contributed by atoms with Crippen molar-refractivity contribution in [2.24, 2.45) is 4.99 Å². The maximum absolute atomic E-state index is 14.1. The molecule has 8 nitrogen and oxygen atoms in total. The number of aromatic nitrogens is 1. The number of fused-ring (bicyclic) bond motifs is 1. The highest BCUT2D eigenvalue weighted by atomic mass is 79.9. The molecule has 1 aromatic heterocycles. The number of nitrogens with zero attached hydrogens (tertiary/aromatic N) is 3. The van der Waals surface area contributed by atoms with Gasteiger partial charge in [0.15, 0.2) is 16.3 Å². The number of hydrogen-bond donors (Lipinski definition) is 0. The van der Waals surface area contributed by atoms with Gasteiger partial charge in [-0.1, -0.05) is 53.8 Å². The zero-order chi connectivity index (χ0) is 31.4. The lowest BCUT2D eigenvalue weighted by Crippen LogP contribution is -2.39. The molecule has 0 fully saturated rings. The molecule has 228 valence electrons. The Kier molecular flexibility index (Phi) is 9.71. The number of esters is 1. The topological polar surface area (TPSA) is 82.4 Å². The Bertz CT molecular complexity index is 1880. The van der Waals surface area contributed by atoms with Crippen LogP contribution in [0, 0.1) is 0 Å². The van der Waals surface area contributed by atoms with E-state index >= 15 is 0 Å². The molecule has 0 radical (unpaired) electrons. The number of benzene rings is 3. The number of ether oxygens (including phenoxy) is 3. The van der Waals surface area contributed by atoms with Gasteiger partial charge in [-0.25, -0.2) is 9.79 Å². The van der Waals surface area contributed by atoms with Crippen molar-refractivity contribution in [2.75, 3.05) is 32.2 Å². The SMILES string of the molecule is CCOC(=O)C1=C(C)N=c2sc(=Cc3cc(Br)c(OCc4ccccc4)c(OCC)c3)c(=O)n2C1c1ccc(N(C)C)cc1. The third kappa shape index (κ3) is 6.51. The summed E-state index contributed by atoms with van der Waals surface area (Å²) in [7, 11) is 3.92. The van der Waals surface area contributed by atoms with E-state index in [9.17, 15) is 9.59 Å². The summed E-state index contributed by atoms with van der Waals surface area (Å²) in [5.41, 5.74) is 4.22. The number of anilines is 1. The van der Waals surface area contributed by atoms with E-state index in [1.165, 1.54) is 11.3 Å². The predicted octanol–water partition coefficient (Wildman–Crippen LogP) is 5.60. The van der Waals surface area contributed by atoms with E-state index in [4.69, 9.17) is 14.2 Å². The molecule has 3 aromatic carbocycles. The third-order valence-electron chi connectivity index (χ3n) is 7.10. The number of rotatable bonds is 10. The number of carbonyl (C=O) groups excluding carboxylic acids is 1. The van der Waals surface area contributed by atoms with E-state index < -0.39 is 12.0 Å². The summed E-state index contributed by atoms with van der Waals surface area (Å²) in [5.74, 6) is 0.669. The van der Waals surface area contributed by atoms with Crippen LogP contribution >= 0.6 is 27.3 Å². The Hall–Kier alpha value is -4.15. The summed E-state index contributed by atoms with van der Waals surface area (Å²) in [4.78, 5) is 34.5. The van der Waals surface area contributed by atoms with Crippen LogP contribution in [0.15, 0.2) is 92.3 Å². The van der Waals surface area contributed by atoms with Gasteiger partial charge in [0.1, 0.15) is 6.61 Å². The second kappa shape index (κ2) is 13.7. The molecule has 0 amide bonds. The first kappa shape index (κ1) is 31.3. The number of carbonyl (C=O) groups is 1. The first-order valence-corrected chi connectivity index (χ1v) is 15.9. The summed E-state index contributed by atoms with van der Waals surface area (Å²) in [6, 6.07) is 20.8. The molecule has 0 saturated heterocycles. The van der Waals surface area contributed by atoms with Crippen molar-refractivity contribution < 1.29 is 19.0 Å². The lowest BCUT2D eigenvalue weighted by atomic mass is 9.95. The quantitative estimate of drug-likeness (QED) is 0.204. The van der Waals surface area contributed by atoms with Crippen LogP contribution in [0.25, 0.3) is 6.08 Å². The Labute approximate surface area is 268 Å². The highest BCUT2D eigenvalue weighted by molar-refractivity contribution is 9.10. The van der Waals surface area contributed by atoms with E-state index in [0.717, 1.165) is 22.4 Å². The molecule has 1 aliphatic rings. The van der Waals surface area contributed by atoms with Crippen LogP contribution in [0.5, 0.6) is 11.5 Å². The predicted molar refractivity (Wildman–Crippen MR) is 177 cm³/mol. The van der Waals surface area contributed by atoms with Gasteiger partial charge in [0.25, 0.3) is 5.56 Å². The van der Waals surface area contributed by atoms with E-state index in [1.807, 2.05) is 98.7 Å². The lowest BCUT2D eigenvalue weighted by molar-refractivity contribution is -0.139. The van der Waals surface area contributed by atoms with Gasteiger partial charge < -0.3 is 19.1 Å². The summed E-state index contributed by atoms with van der Waals surface area (Å²) in [6.07, 6.45) is 1.81. The van der Waals surface area contributed by atoms with Gasteiger partial charge in [-0.2, -0.15) is 0 Å². The van der Waals surface area contributed by atoms with Crippen LogP contribution in [-0.4, -0.2) is 37.8 Å². The minimum atomic E-state index is -0.678. The van der Waals surface area contributed by atoms with Gasteiger partial charge in [0, 0.05) is 19.8 Å². The number of allylic oxidation sites excluding steroid dienone is 1. The summed E-state index contributed by atoms with van der Waals surface area (Å²) in [5, 5.41) is 0. The Morgan fingerprint density at radius 1 is 1.05 bits per heavy atom. The van der Waals surface area contributed by atoms with Crippen molar-refractivity contribution in [1.29, 1.82) is 0 Å². The number of hydrogen-bond acceptors (Lipinski definition) is 8. The highest BCUT2D eigenvalue weighted by Crippen LogP contribution is 2.38. The fraction of sp³-hybridized carbons (Fsp3) is 0.265. The molecule has 1 atom stereocenters. The third-order valence-corrected chi connectivity index (χ3v) is 8.67. The largest absolute Gasteiger partial charge is 0.490 e. The van der Waals surface area contributed by atoms with E-state index in [1.54, 1.807) is 18.4 Å². The van der Waals surface area contributed by atoms with Crippen molar-refractivity contribution in [1.82, 2.24) is 4.57 Å². The average Bonchev–Trinajstić information content (AvgIpc) is 3.30. The summed E-state index contributed by atoms with van der Waals surface area (Å²) in [6.45, 7) is 6.50. The van der Waals surface area contributed by atoms with Crippen LogP contribution in [0.2, 0.25) is 0 Å². The second-order valence-corrected chi connectivity index (χ2v) is 12.2. The molecule has 44 heavy (non-hydrogen) atoms. The highest BCUT2D eigenvalue weighted by Gasteiger charge is 2.33. The molecule has 10 heteroatoms. The van der Waals surface area contributed by atoms with Crippen LogP contribution in [0.1, 0.15) is 43.5 Å². The maximum Gasteiger partial charge on any atom is 0.338 e. The van der Waals surface area contributed by atoms with E-state index in [2.05, 4.69) is 20.9 Å². The van der Waals surface area contributed by atoms with Crippen molar-refractivity contribution in [3.63, 3.8) is 0 Å². The molecule has 5 rings (SSSR count). The van der Waals surface area contributed by atoms with Crippen molar-refractivity contribution in [3.8, 4) is 11.5 Å². The van der Waals surface area contributed by atoms with Gasteiger partial charge in [-0.3, -0.25) is 9.36 Å². The molecule has 2 heterocycles. The van der Waals surface area contributed by atoms with Crippen molar-refractivity contribution in [3.05, 3.63) is 119 Å². The molecule has 0 spiro atoms. The average molecular weight is 677 g/mol. The lowest BCUT2D eigenvalue weighted by Gasteiger charge is -2.25. The first-order chi connectivity index (χ1) is 21.2. The van der Waals surface area contributed by atoms with Crippen LogP contribution in [0.4, 0.5) is 5.69 Å². The normalized spacial score (nSPS) is 14.6. The van der Waals surface area contributed by atoms with E-state index in [-0.39, 0.29) is 12.2 Å².